The van der Waals surface area contributed by atoms with E-state index in [0.717, 1.165) is 18.2 Å². The van der Waals surface area contributed by atoms with Crippen LogP contribution in [-0.4, -0.2) is 90.1 Å². The first kappa shape index (κ1) is 23.0. The topological polar surface area (TPSA) is 207 Å². The van der Waals surface area contributed by atoms with Gasteiger partial charge in [-0.15, -0.1) is 0 Å². The summed E-state index contributed by atoms with van der Waals surface area (Å²) in [5.74, 6) is -2.68. The third kappa shape index (κ3) is 4.04. The molecule has 0 spiro atoms. The van der Waals surface area contributed by atoms with Crippen LogP contribution in [0.1, 0.15) is 22.0 Å². The van der Waals surface area contributed by atoms with Crippen molar-refractivity contribution in [1.82, 2.24) is 0 Å². The lowest BCUT2D eigenvalue weighted by molar-refractivity contribution is -0.277. The highest BCUT2D eigenvalue weighted by Gasteiger charge is 2.45. The number of hydrogen-bond acceptors (Lipinski definition) is 12. The molecule has 8 N–H and O–H groups in total. The Morgan fingerprint density at radius 1 is 0.909 bits per heavy atom. The summed E-state index contributed by atoms with van der Waals surface area (Å²) in [5, 5.41) is 79.5. The zero-order chi connectivity index (χ0) is 24.0. The van der Waals surface area contributed by atoms with Gasteiger partial charge in [0.15, 0.2) is 23.7 Å². The quantitative estimate of drug-likeness (QED) is 0.263. The van der Waals surface area contributed by atoms with Gasteiger partial charge in [0.1, 0.15) is 47.2 Å². The number of benzene rings is 2. The largest absolute Gasteiger partial charge is 0.508 e. The molecule has 4 rings (SSSR count). The lowest BCUT2D eigenvalue weighted by atomic mass is 9.92. The first-order valence-electron chi connectivity index (χ1n) is 9.87. The molecule has 12 heteroatoms. The number of hydrogen-bond donors (Lipinski definition) is 8. The van der Waals surface area contributed by atoms with Crippen molar-refractivity contribution in [2.24, 2.45) is 0 Å². The van der Waals surface area contributed by atoms with Crippen LogP contribution >= 0.6 is 0 Å². The van der Waals surface area contributed by atoms with Crippen molar-refractivity contribution in [3.8, 4) is 28.7 Å². The Hall–Kier alpha value is -3.13. The molecule has 2 aliphatic rings. The van der Waals surface area contributed by atoms with E-state index in [4.69, 9.17) is 14.2 Å². The van der Waals surface area contributed by atoms with E-state index in [9.17, 15) is 45.6 Å². The number of phenolic OH excluding ortho intramolecular Hbond substituents is 3. The first-order chi connectivity index (χ1) is 15.6. The second-order valence-electron chi connectivity index (χ2n) is 7.73. The maximum atomic E-state index is 12.6. The Balaban J connectivity index is 1.63. The van der Waals surface area contributed by atoms with E-state index in [1.165, 1.54) is 12.1 Å². The molecule has 0 radical (unpaired) electrons. The van der Waals surface area contributed by atoms with Gasteiger partial charge in [0.05, 0.1) is 6.61 Å². The van der Waals surface area contributed by atoms with E-state index >= 15 is 0 Å². The fraction of sp³-hybridized carbons (Fsp3) is 0.381. The minimum Gasteiger partial charge on any atom is -0.508 e. The number of Topliss-reactive ketones (excluding diaryl/α,β-unsaturated/α-hetero) is 1. The Labute approximate surface area is 186 Å². The summed E-state index contributed by atoms with van der Waals surface area (Å²) in [7, 11) is 0. The molecular weight excluding hydrogens is 444 g/mol. The molecule has 0 bridgehead atoms. The van der Waals surface area contributed by atoms with Crippen molar-refractivity contribution >= 4 is 5.78 Å². The van der Waals surface area contributed by atoms with Crippen LogP contribution in [0, 0.1) is 0 Å². The van der Waals surface area contributed by atoms with Crippen LogP contribution < -0.4 is 9.47 Å². The van der Waals surface area contributed by atoms with Crippen LogP contribution in [0.4, 0.5) is 0 Å². The standard InChI is InChI=1S/C21H22O12/c22-6-13-15(26)17(28)19(30)21(33-13)32-11-3-7(1-2-9(11)24)20-18(29)16(27)14-10(25)4-8(23)5-12(14)31-20/h1-5,13,15,17-26,28-30H,6H2/t13-,15-,17+,18+,19-,20-,21?/m1/s1. The number of carbonyl (C=O) groups is 1. The van der Waals surface area contributed by atoms with Crippen molar-refractivity contribution in [2.75, 3.05) is 6.61 Å². The Kier molecular flexibility index (Phi) is 6.05. The number of aliphatic hydroxyl groups is 5. The molecule has 12 nitrogen and oxygen atoms in total. The molecule has 2 heterocycles. The van der Waals surface area contributed by atoms with Crippen LogP contribution in [0.25, 0.3) is 0 Å². The SMILES string of the molecule is O=C1c2c(O)cc(O)cc2O[C@H](c2ccc(O)c(OC3O[C@H](CO)[C@@H](O)[C@H](O)[C@H]3O)c2)[C@H]1O. The van der Waals surface area contributed by atoms with Crippen LogP contribution in [0.2, 0.25) is 0 Å². The highest BCUT2D eigenvalue weighted by atomic mass is 16.7. The lowest BCUT2D eigenvalue weighted by Crippen LogP contribution is -2.60. The lowest BCUT2D eigenvalue weighted by Gasteiger charge is -2.39. The maximum absolute atomic E-state index is 12.6. The molecule has 0 aliphatic carbocycles. The monoisotopic (exact) mass is 466 g/mol. The molecular formula is C21H22O12. The number of ketones is 1. The number of aliphatic hydroxyl groups excluding tert-OH is 5. The van der Waals surface area contributed by atoms with Crippen molar-refractivity contribution in [3.05, 3.63) is 41.5 Å². The van der Waals surface area contributed by atoms with Gasteiger partial charge in [-0.05, 0) is 17.7 Å². The van der Waals surface area contributed by atoms with E-state index in [1.54, 1.807) is 0 Å². The van der Waals surface area contributed by atoms with Crippen LogP contribution in [-0.2, 0) is 4.74 Å². The van der Waals surface area contributed by atoms with Gasteiger partial charge < -0.3 is 55.1 Å². The molecule has 0 amide bonds. The van der Waals surface area contributed by atoms with Crippen LogP contribution in [0.3, 0.4) is 0 Å². The predicted molar refractivity (Wildman–Crippen MR) is 106 cm³/mol. The fourth-order valence-electron chi connectivity index (χ4n) is 3.76. The van der Waals surface area contributed by atoms with Gasteiger partial charge in [-0.1, -0.05) is 6.07 Å². The van der Waals surface area contributed by atoms with E-state index < -0.39 is 66.8 Å². The number of carbonyl (C=O) groups excluding carboxylic acids is 1. The van der Waals surface area contributed by atoms with Gasteiger partial charge in [0.25, 0.3) is 0 Å². The summed E-state index contributed by atoms with van der Waals surface area (Å²) in [6.07, 6.45) is -10.9. The number of fused-ring (bicyclic) bond motifs is 1. The molecule has 2 aromatic carbocycles. The van der Waals surface area contributed by atoms with E-state index in [-0.39, 0.29) is 28.4 Å². The summed E-state index contributed by atoms with van der Waals surface area (Å²) >= 11 is 0. The van der Waals surface area contributed by atoms with Gasteiger partial charge >= 0.3 is 0 Å². The summed E-state index contributed by atoms with van der Waals surface area (Å²) in [6.45, 7) is -0.680. The maximum Gasteiger partial charge on any atom is 0.229 e. The minimum atomic E-state index is -1.75. The molecule has 2 aromatic rings. The van der Waals surface area contributed by atoms with E-state index in [2.05, 4.69) is 0 Å². The molecule has 0 aromatic heterocycles. The van der Waals surface area contributed by atoms with Gasteiger partial charge in [-0.2, -0.15) is 0 Å². The van der Waals surface area contributed by atoms with Crippen molar-refractivity contribution in [2.45, 2.75) is 42.9 Å². The summed E-state index contributed by atoms with van der Waals surface area (Å²) in [5.41, 5.74) is -0.158. The van der Waals surface area contributed by atoms with Gasteiger partial charge in [-0.25, -0.2) is 0 Å². The predicted octanol–water partition coefficient (Wildman–Crippen LogP) is -1.34. The average Bonchev–Trinajstić information content (AvgIpc) is 2.77. The highest BCUT2D eigenvalue weighted by molar-refractivity contribution is 6.05. The molecule has 178 valence electrons. The molecule has 7 atom stereocenters. The normalized spacial score (nSPS) is 31.5. The van der Waals surface area contributed by atoms with Crippen molar-refractivity contribution in [3.63, 3.8) is 0 Å². The third-order valence-electron chi connectivity index (χ3n) is 5.53. The second-order valence-corrected chi connectivity index (χ2v) is 7.73. The molecule has 1 fully saturated rings. The molecule has 1 unspecified atom stereocenters. The third-order valence-corrected chi connectivity index (χ3v) is 5.53. The zero-order valence-corrected chi connectivity index (χ0v) is 16.8. The number of ether oxygens (including phenoxy) is 3. The summed E-state index contributed by atoms with van der Waals surface area (Å²) in [4.78, 5) is 12.6. The Morgan fingerprint density at radius 3 is 2.33 bits per heavy atom. The summed E-state index contributed by atoms with van der Waals surface area (Å²) < 4.78 is 16.3. The molecule has 33 heavy (non-hydrogen) atoms. The first-order valence-corrected chi connectivity index (χ1v) is 9.87. The number of aromatic hydroxyl groups is 3. The Bertz CT molecular complexity index is 1050. The molecule has 2 aliphatic heterocycles. The van der Waals surface area contributed by atoms with Crippen LogP contribution in [0.15, 0.2) is 30.3 Å². The zero-order valence-electron chi connectivity index (χ0n) is 16.8. The highest BCUT2D eigenvalue weighted by Crippen LogP contribution is 2.43. The average molecular weight is 466 g/mol. The summed E-state index contributed by atoms with van der Waals surface area (Å²) in [6, 6.07) is 5.69. The second kappa shape index (κ2) is 8.67. The molecule has 0 saturated carbocycles. The smallest absolute Gasteiger partial charge is 0.229 e. The number of phenols is 3. The number of rotatable bonds is 4. The molecule has 1 saturated heterocycles. The van der Waals surface area contributed by atoms with Crippen LogP contribution in [0.5, 0.6) is 28.7 Å². The van der Waals surface area contributed by atoms with E-state index in [0.29, 0.717) is 0 Å². The van der Waals surface area contributed by atoms with Gasteiger partial charge in [0.2, 0.25) is 12.1 Å². The van der Waals surface area contributed by atoms with Crippen molar-refractivity contribution in [1.29, 1.82) is 0 Å². The van der Waals surface area contributed by atoms with E-state index in [1.807, 2.05) is 0 Å². The minimum absolute atomic E-state index is 0.140. The van der Waals surface area contributed by atoms with Crippen molar-refractivity contribution < 1.29 is 59.9 Å². The fourth-order valence-corrected chi connectivity index (χ4v) is 3.76. The Morgan fingerprint density at radius 2 is 1.64 bits per heavy atom. The van der Waals surface area contributed by atoms with Gasteiger partial charge in [0, 0.05) is 12.1 Å². The van der Waals surface area contributed by atoms with Gasteiger partial charge in [-0.3, -0.25) is 4.79 Å².